The van der Waals surface area contributed by atoms with Crippen molar-refractivity contribution in [2.75, 3.05) is 0 Å². The summed E-state index contributed by atoms with van der Waals surface area (Å²) in [5.41, 5.74) is 11.7. The number of ether oxygens (including phenoxy) is 2. The molecular weight excluding hydrogens is 248 g/mol. The maximum atomic E-state index is 10.8. The number of benzene rings is 1. The largest absolute Gasteiger partial charge is 0.410 e. The maximum Gasteiger partial charge on any atom is 0.409 e. The molecule has 0 bridgehead atoms. The predicted molar refractivity (Wildman–Crippen MR) is 70.2 cm³/mol. The quantitative estimate of drug-likeness (QED) is 0.852. The highest BCUT2D eigenvalue weighted by Crippen LogP contribution is 2.29. The van der Waals surface area contributed by atoms with E-state index in [2.05, 4.69) is 6.92 Å². The van der Waals surface area contributed by atoms with E-state index in [0.717, 1.165) is 30.4 Å². The first kappa shape index (κ1) is 14.8. The summed E-state index contributed by atoms with van der Waals surface area (Å²) in [6.07, 6.45) is 0.937. The number of hydrogen-bond acceptors (Lipinski definition) is 4. The third kappa shape index (κ3) is 4.50. The van der Waals surface area contributed by atoms with Gasteiger partial charge in [-0.25, -0.2) is 9.59 Å². The van der Waals surface area contributed by atoms with Crippen LogP contribution in [0.25, 0.3) is 0 Å². The third-order valence-electron chi connectivity index (χ3n) is 2.67. The number of carbonyl (C=O) groups is 2. The smallest absolute Gasteiger partial charge is 0.409 e. The van der Waals surface area contributed by atoms with E-state index in [4.69, 9.17) is 20.9 Å². The molecule has 0 fully saturated rings. The van der Waals surface area contributed by atoms with Gasteiger partial charge in [0.25, 0.3) is 0 Å². The van der Waals surface area contributed by atoms with Crippen LogP contribution in [0.15, 0.2) is 12.1 Å². The van der Waals surface area contributed by atoms with Gasteiger partial charge >= 0.3 is 12.2 Å². The van der Waals surface area contributed by atoms with Crippen LogP contribution in [0.1, 0.15) is 30.9 Å². The Morgan fingerprint density at radius 1 is 1.16 bits per heavy atom. The van der Waals surface area contributed by atoms with E-state index in [1.54, 1.807) is 6.07 Å². The molecule has 0 atom stereocenters. The molecule has 0 aliphatic heterocycles. The van der Waals surface area contributed by atoms with Crippen molar-refractivity contribution in [2.24, 2.45) is 11.5 Å². The molecule has 0 unspecified atom stereocenters. The Morgan fingerprint density at radius 2 is 1.79 bits per heavy atom. The van der Waals surface area contributed by atoms with Crippen molar-refractivity contribution in [3.8, 4) is 11.5 Å². The van der Waals surface area contributed by atoms with Crippen LogP contribution in [0.4, 0.5) is 9.59 Å². The first-order valence-electron chi connectivity index (χ1n) is 6.02. The lowest BCUT2D eigenvalue weighted by atomic mass is 10.0. The topological polar surface area (TPSA) is 105 Å². The summed E-state index contributed by atoms with van der Waals surface area (Å²) in [6.45, 7) is 3.89. The minimum Gasteiger partial charge on any atom is -0.410 e. The summed E-state index contributed by atoms with van der Waals surface area (Å²) in [4.78, 5) is 21.6. The molecule has 6 nitrogen and oxygen atoms in total. The summed E-state index contributed by atoms with van der Waals surface area (Å²) in [5, 5.41) is 0. The van der Waals surface area contributed by atoms with Crippen molar-refractivity contribution in [1.82, 2.24) is 0 Å². The highest BCUT2D eigenvalue weighted by atomic mass is 16.6. The standard InChI is InChI=1S/C13H18N2O4/c1-3-4-5-9-6-10(18-12(14)16)7-11(8(9)2)19-13(15)17/h6-7H,3-5H2,1-2H3,(H2,14,16)(H2,15,17). The van der Waals surface area contributed by atoms with E-state index in [0.29, 0.717) is 0 Å². The third-order valence-corrected chi connectivity index (χ3v) is 2.67. The average molecular weight is 266 g/mol. The van der Waals surface area contributed by atoms with Crippen molar-refractivity contribution in [3.05, 3.63) is 23.3 Å². The number of carbonyl (C=O) groups excluding carboxylic acids is 2. The SMILES string of the molecule is CCCCc1cc(OC(N)=O)cc(OC(N)=O)c1C. The number of primary amides is 2. The molecule has 104 valence electrons. The van der Waals surface area contributed by atoms with Gasteiger partial charge in [0, 0.05) is 6.07 Å². The number of unbranched alkanes of at least 4 members (excludes halogenated alkanes) is 1. The van der Waals surface area contributed by atoms with Crippen LogP contribution < -0.4 is 20.9 Å². The van der Waals surface area contributed by atoms with Gasteiger partial charge in [0.2, 0.25) is 0 Å². The molecule has 0 saturated heterocycles. The Kier molecular flexibility index (Phi) is 5.17. The lowest BCUT2D eigenvalue weighted by Crippen LogP contribution is -2.18. The summed E-state index contributed by atoms with van der Waals surface area (Å²) in [7, 11) is 0. The number of aryl methyl sites for hydroxylation is 1. The van der Waals surface area contributed by atoms with E-state index in [-0.39, 0.29) is 11.5 Å². The fourth-order valence-corrected chi connectivity index (χ4v) is 1.73. The van der Waals surface area contributed by atoms with Crippen LogP contribution in [0, 0.1) is 6.92 Å². The fraction of sp³-hybridized carbons (Fsp3) is 0.385. The summed E-state index contributed by atoms with van der Waals surface area (Å²) in [5.74, 6) is 0.512. The molecule has 0 aliphatic rings. The van der Waals surface area contributed by atoms with Gasteiger partial charge < -0.3 is 20.9 Å². The molecule has 0 spiro atoms. The molecular formula is C13H18N2O4. The van der Waals surface area contributed by atoms with E-state index < -0.39 is 12.2 Å². The fourth-order valence-electron chi connectivity index (χ4n) is 1.73. The number of hydrogen-bond donors (Lipinski definition) is 2. The average Bonchev–Trinajstić information content (AvgIpc) is 2.30. The molecule has 2 amide bonds. The van der Waals surface area contributed by atoms with Crippen LogP contribution in [0.3, 0.4) is 0 Å². The summed E-state index contributed by atoms with van der Waals surface area (Å²) < 4.78 is 9.71. The molecule has 0 aromatic heterocycles. The normalized spacial score (nSPS) is 10.0. The van der Waals surface area contributed by atoms with Gasteiger partial charge in [0.15, 0.2) is 0 Å². The first-order chi connectivity index (χ1) is 8.93. The second kappa shape index (κ2) is 6.63. The molecule has 4 N–H and O–H groups in total. The minimum atomic E-state index is -0.921. The zero-order chi connectivity index (χ0) is 14.4. The Bertz CT molecular complexity index is 486. The van der Waals surface area contributed by atoms with E-state index in [9.17, 15) is 9.59 Å². The number of amides is 2. The molecule has 1 rings (SSSR count). The second-order valence-corrected chi connectivity index (χ2v) is 4.15. The monoisotopic (exact) mass is 266 g/mol. The van der Waals surface area contributed by atoms with E-state index in [1.165, 1.54) is 6.07 Å². The molecule has 1 aromatic rings. The molecule has 1 aromatic carbocycles. The van der Waals surface area contributed by atoms with Gasteiger partial charge in [0.1, 0.15) is 11.5 Å². The van der Waals surface area contributed by atoms with Crippen LogP contribution >= 0.6 is 0 Å². The molecule has 6 heteroatoms. The van der Waals surface area contributed by atoms with E-state index >= 15 is 0 Å². The van der Waals surface area contributed by atoms with Crippen LogP contribution in [-0.4, -0.2) is 12.2 Å². The van der Waals surface area contributed by atoms with Crippen molar-refractivity contribution in [2.45, 2.75) is 33.1 Å². The zero-order valence-corrected chi connectivity index (χ0v) is 11.1. The first-order valence-corrected chi connectivity index (χ1v) is 6.02. The Balaban J connectivity index is 3.12. The molecule has 0 heterocycles. The van der Waals surface area contributed by atoms with Crippen LogP contribution in [0.5, 0.6) is 11.5 Å². The Labute approximate surface area is 111 Å². The van der Waals surface area contributed by atoms with Gasteiger partial charge in [-0.15, -0.1) is 0 Å². The van der Waals surface area contributed by atoms with Crippen LogP contribution in [-0.2, 0) is 6.42 Å². The highest BCUT2D eigenvalue weighted by Gasteiger charge is 2.12. The van der Waals surface area contributed by atoms with Gasteiger partial charge in [-0.1, -0.05) is 13.3 Å². The van der Waals surface area contributed by atoms with Crippen molar-refractivity contribution in [1.29, 1.82) is 0 Å². The summed E-state index contributed by atoms with van der Waals surface area (Å²) >= 11 is 0. The van der Waals surface area contributed by atoms with Gasteiger partial charge in [0.05, 0.1) is 0 Å². The van der Waals surface area contributed by atoms with Crippen molar-refractivity contribution < 1.29 is 19.1 Å². The van der Waals surface area contributed by atoms with Crippen LogP contribution in [0.2, 0.25) is 0 Å². The molecule has 0 saturated carbocycles. The number of rotatable bonds is 5. The molecule has 0 aliphatic carbocycles. The van der Waals surface area contributed by atoms with Gasteiger partial charge in [-0.2, -0.15) is 0 Å². The highest BCUT2D eigenvalue weighted by molar-refractivity contribution is 5.71. The van der Waals surface area contributed by atoms with Crippen molar-refractivity contribution >= 4 is 12.2 Å². The lowest BCUT2D eigenvalue weighted by molar-refractivity contribution is 0.209. The Hall–Kier alpha value is -2.24. The Morgan fingerprint density at radius 3 is 2.32 bits per heavy atom. The van der Waals surface area contributed by atoms with Crippen molar-refractivity contribution in [3.63, 3.8) is 0 Å². The molecule has 0 radical (unpaired) electrons. The molecule has 19 heavy (non-hydrogen) atoms. The zero-order valence-electron chi connectivity index (χ0n) is 11.1. The summed E-state index contributed by atoms with van der Waals surface area (Å²) in [6, 6.07) is 3.13. The lowest BCUT2D eigenvalue weighted by Gasteiger charge is -2.13. The van der Waals surface area contributed by atoms with Gasteiger partial charge in [-0.3, -0.25) is 0 Å². The number of nitrogens with two attached hydrogens (primary N) is 2. The van der Waals surface area contributed by atoms with Gasteiger partial charge in [-0.05, 0) is 37.0 Å². The predicted octanol–water partition coefficient (Wildman–Crippen LogP) is 2.25. The minimum absolute atomic E-state index is 0.237. The van der Waals surface area contributed by atoms with E-state index in [1.807, 2.05) is 6.92 Å². The second-order valence-electron chi connectivity index (χ2n) is 4.15. The maximum absolute atomic E-state index is 10.8.